The predicted octanol–water partition coefficient (Wildman–Crippen LogP) is 2.80. The number of aryl methyl sites for hydroxylation is 1. The van der Waals surface area contributed by atoms with Crippen LogP contribution in [-0.2, 0) is 11.3 Å². The van der Waals surface area contributed by atoms with Crippen LogP contribution in [0.5, 0.6) is 5.75 Å². The van der Waals surface area contributed by atoms with Crippen molar-refractivity contribution in [2.45, 2.75) is 51.4 Å². The van der Waals surface area contributed by atoms with Crippen molar-refractivity contribution in [2.24, 2.45) is 0 Å². The Hall–Kier alpha value is -1.06. The SMILES string of the molecule is Cc1ccc(OC2CC2)cc1CO[C@H]1CCCNC1. The Morgan fingerprint density at radius 2 is 2.11 bits per heavy atom. The first kappa shape index (κ1) is 12.9. The van der Waals surface area contributed by atoms with Crippen molar-refractivity contribution in [3.8, 4) is 5.75 Å². The fourth-order valence-electron chi connectivity index (χ4n) is 2.42. The zero-order valence-electron chi connectivity index (χ0n) is 11.7. The monoisotopic (exact) mass is 261 g/mol. The number of hydrogen-bond donors (Lipinski definition) is 1. The zero-order valence-corrected chi connectivity index (χ0v) is 11.7. The number of rotatable bonds is 5. The number of ether oxygens (including phenoxy) is 2. The third-order valence-corrected chi connectivity index (χ3v) is 3.87. The maximum atomic E-state index is 6.01. The maximum Gasteiger partial charge on any atom is 0.120 e. The molecule has 0 spiro atoms. The van der Waals surface area contributed by atoms with Crippen LogP contribution in [0.1, 0.15) is 36.8 Å². The molecule has 1 saturated heterocycles. The Balaban J connectivity index is 1.58. The summed E-state index contributed by atoms with van der Waals surface area (Å²) in [6, 6.07) is 6.35. The number of benzene rings is 1. The van der Waals surface area contributed by atoms with Gasteiger partial charge in [-0.15, -0.1) is 0 Å². The second-order valence-electron chi connectivity index (χ2n) is 5.68. The Kier molecular flexibility index (Phi) is 4.04. The summed E-state index contributed by atoms with van der Waals surface area (Å²) in [4.78, 5) is 0. The smallest absolute Gasteiger partial charge is 0.120 e. The molecule has 19 heavy (non-hydrogen) atoms. The molecule has 1 N–H and O–H groups in total. The van der Waals surface area contributed by atoms with Crippen LogP contribution >= 0.6 is 0 Å². The lowest BCUT2D eigenvalue weighted by Gasteiger charge is -2.23. The Morgan fingerprint density at radius 1 is 1.21 bits per heavy atom. The summed E-state index contributed by atoms with van der Waals surface area (Å²) in [6.07, 6.45) is 5.61. The van der Waals surface area contributed by atoms with Crippen LogP contribution in [0.4, 0.5) is 0 Å². The first-order valence-electron chi connectivity index (χ1n) is 7.40. The van der Waals surface area contributed by atoms with E-state index in [1.165, 1.54) is 36.8 Å². The van der Waals surface area contributed by atoms with Gasteiger partial charge in [-0.3, -0.25) is 0 Å². The van der Waals surface area contributed by atoms with E-state index in [0.29, 0.717) is 18.8 Å². The first-order valence-corrected chi connectivity index (χ1v) is 7.40. The Morgan fingerprint density at radius 3 is 2.84 bits per heavy atom. The molecule has 0 radical (unpaired) electrons. The van der Waals surface area contributed by atoms with Crippen LogP contribution in [0.15, 0.2) is 18.2 Å². The van der Waals surface area contributed by atoms with Crippen LogP contribution in [0.2, 0.25) is 0 Å². The molecular weight excluding hydrogens is 238 g/mol. The van der Waals surface area contributed by atoms with Gasteiger partial charge in [0, 0.05) is 6.54 Å². The van der Waals surface area contributed by atoms with E-state index in [4.69, 9.17) is 9.47 Å². The van der Waals surface area contributed by atoms with Gasteiger partial charge in [0.15, 0.2) is 0 Å². The average Bonchev–Trinajstić information content (AvgIpc) is 3.24. The van der Waals surface area contributed by atoms with E-state index in [-0.39, 0.29) is 0 Å². The van der Waals surface area contributed by atoms with E-state index in [1.807, 2.05) is 0 Å². The molecule has 3 rings (SSSR count). The van der Waals surface area contributed by atoms with Gasteiger partial charge in [0.25, 0.3) is 0 Å². The fraction of sp³-hybridized carbons (Fsp3) is 0.625. The molecule has 0 bridgehead atoms. The van der Waals surface area contributed by atoms with Crippen molar-refractivity contribution in [3.63, 3.8) is 0 Å². The molecule has 0 amide bonds. The van der Waals surface area contributed by atoms with Crippen LogP contribution in [0.25, 0.3) is 0 Å². The number of nitrogens with one attached hydrogen (secondary N) is 1. The number of hydrogen-bond acceptors (Lipinski definition) is 3. The van der Waals surface area contributed by atoms with Gasteiger partial charge in [-0.25, -0.2) is 0 Å². The molecule has 3 heteroatoms. The van der Waals surface area contributed by atoms with Crippen LogP contribution in [-0.4, -0.2) is 25.3 Å². The predicted molar refractivity (Wildman–Crippen MR) is 75.5 cm³/mol. The normalized spacial score (nSPS) is 23.3. The highest BCUT2D eigenvalue weighted by molar-refractivity contribution is 5.34. The maximum absolute atomic E-state index is 6.01. The van der Waals surface area contributed by atoms with E-state index in [2.05, 4.69) is 30.4 Å². The quantitative estimate of drug-likeness (QED) is 0.884. The molecule has 0 unspecified atom stereocenters. The van der Waals surface area contributed by atoms with Crippen molar-refractivity contribution in [3.05, 3.63) is 29.3 Å². The van der Waals surface area contributed by atoms with Crippen LogP contribution in [0.3, 0.4) is 0 Å². The molecule has 1 atom stereocenters. The molecule has 2 aliphatic rings. The Bertz CT molecular complexity index is 423. The number of piperidine rings is 1. The molecule has 2 fully saturated rings. The third-order valence-electron chi connectivity index (χ3n) is 3.87. The summed E-state index contributed by atoms with van der Waals surface area (Å²) in [6.45, 7) is 4.94. The van der Waals surface area contributed by atoms with Gasteiger partial charge in [0.1, 0.15) is 5.75 Å². The zero-order chi connectivity index (χ0) is 13.1. The molecule has 1 aliphatic heterocycles. The Labute approximate surface area is 115 Å². The van der Waals surface area contributed by atoms with Gasteiger partial charge < -0.3 is 14.8 Å². The van der Waals surface area contributed by atoms with Gasteiger partial charge in [0.2, 0.25) is 0 Å². The molecule has 0 aromatic heterocycles. The second kappa shape index (κ2) is 5.93. The van der Waals surface area contributed by atoms with Gasteiger partial charge in [0.05, 0.1) is 18.8 Å². The van der Waals surface area contributed by atoms with Gasteiger partial charge in [-0.2, -0.15) is 0 Å². The van der Waals surface area contributed by atoms with E-state index in [9.17, 15) is 0 Å². The van der Waals surface area contributed by atoms with E-state index < -0.39 is 0 Å². The van der Waals surface area contributed by atoms with Gasteiger partial charge >= 0.3 is 0 Å². The lowest BCUT2D eigenvalue weighted by molar-refractivity contribution is 0.0249. The lowest BCUT2D eigenvalue weighted by atomic mass is 10.1. The van der Waals surface area contributed by atoms with Crippen molar-refractivity contribution in [1.82, 2.24) is 5.32 Å². The summed E-state index contributed by atoms with van der Waals surface area (Å²) in [7, 11) is 0. The van der Waals surface area contributed by atoms with Crippen molar-refractivity contribution >= 4 is 0 Å². The molecule has 1 aromatic carbocycles. The highest BCUT2D eigenvalue weighted by Crippen LogP contribution is 2.28. The van der Waals surface area contributed by atoms with E-state index in [1.54, 1.807) is 0 Å². The van der Waals surface area contributed by atoms with E-state index >= 15 is 0 Å². The third kappa shape index (κ3) is 3.71. The molecule has 104 valence electrons. The van der Waals surface area contributed by atoms with Crippen LogP contribution in [0, 0.1) is 6.92 Å². The topological polar surface area (TPSA) is 30.5 Å². The largest absolute Gasteiger partial charge is 0.490 e. The fourth-order valence-corrected chi connectivity index (χ4v) is 2.42. The molecule has 1 saturated carbocycles. The molecule has 1 aliphatic carbocycles. The minimum Gasteiger partial charge on any atom is -0.490 e. The molecule has 1 heterocycles. The van der Waals surface area contributed by atoms with Gasteiger partial charge in [-0.1, -0.05) is 6.07 Å². The minimum absolute atomic E-state index is 0.362. The highest BCUT2D eigenvalue weighted by Gasteiger charge is 2.23. The summed E-state index contributed by atoms with van der Waals surface area (Å²) in [5, 5.41) is 3.38. The molecule has 3 nitrogen and oxygen atoms in total. The average molecular weight is 261 g/mol. The van der Waals surface area contributed by atoms with Gasteiger partial charge in [-0.05, 0) is 62.4 Å². The molecular formula is C16H23NO2. The second-order valence-corrected chi connectivity index (χ2v) is 5.68. The summed E-state index contributed by atoms with van der Waals surface area (Å²) < 4.78 is 11.9. The summed E-state index contributed by atoms with van der Waals surface area (Å²) >= 11 is 0. The van der Waals surface area contributed by atoms with Crippen molar-refractivity contribution in [1.29, 1.82) is 0 Å². The van der Waals surface area contributed by atoms with Crippen LogP contribution < -0.4 is 10.1 Å². The first-order chi connectivity index (χ1) is 9.31. The minimum atomic E-state index is 0.362. The van der Waals surface area contributed by atoms with Crippen molar-refractivity contribution in [2.75, 3.05) is 13.1 Å². The molecule has 1 aromatic rings. The summed E-state index contributed by atoms with van der Waals surface area (Å²) in [5.74, 6) is 0.994. The van der Waals surface area contributed by atoms with E-state index in [0.717, 1.165) is 18.8 Å². The standard InChI is InChI=1S/C16H23NO2/c1-12-4-5-15(19-14-6-7-14)9-13(12)11-18-16-3-2-8-17-10-16/h4-5,9,14,16-17H,2-3,6-8,10-11H2,1H3/t16-/m0/s1. The highest BCUT2D eigenvalue weighted by atomic mass is 16.5. The lowest BCUT2D eigenvalue weighted by Crippen LogP contribution is -2.35. The van der Waals surface area contributed by atoms with Crippen molar-refractivity contribution < 1.29 is 9.47 Å². The summed E-state index contributed by atoms with van der Waals surface area (Å²) in [5.41, 5.74) is 2.54.